The molecule has 0 aromatic carbocycles. The average molecular weight is 232 g/mol. The minimum atomic E-state index is -0.0614. The molecule has 1 saturated heterocycles. The third kappa shape index (κ3) is 2.31. The zero-order chi connectivity index (χ0) is 12.4. The van der Waals surface area contributed by atoms with Crippen molar-refractivity contribution in [3.05, 3.63) is 17.5 Å². The lowest BCUT2D eigenvalue weighted by molar-refractivity contribution is 0.0692. The topological polar surface area (TPSA) is 61.9 Å². The standard InChI is InChI=1S/C12H16N4O/c1-9-6-11(14-15(9)2)12(17)16-5-3-4-10(7-13)8-16/h6,10H,3-5,8H2,1-2H3. The Bertz CT molecular complexity index is 452. The van der Waals surface area contributed by atoms with Gasteiger partial charge >= 0.3 is 0 Å². The fourth-order valence-electron chi connectivity index (χ4n) is 2.09. The van der Waals surface area contributed by atoms with Crippen molar-refractivity contribution >= 4 is 5.91 Å². The number of hydrogen-bond donors (Lipinski definition) is 0. The molecule has 1 aliphatic heterocycles. The van der Waals surface area contributed by atoms with Gasteiger partial charge in [0.1, 0.15) is 0 Å². The van der Waals surface area contributed by atoms with Gasteiger partial charge in [-0.1, -0.05) is 0 Å². The Morgan fingerprint density at radius 2 is 2.41 bits per heavy atom. The van der Waals surface area contributed by atoms with E-state index in [1.165, 1.54) is 0 Å². The van der Waals surface area contributed by atoms with E-state index in [1.54, 1.807) is 15.6 Å². The number of carbonyl (C=O) groups is 1. The van der Waals surface area contributed by atoms with Crippen LogP contribution in [-0.2, 0) is 7.05 Å². The minimum Gasteiger partial charge on any atom is -0.336 e. The molecule has 0 bridgehead atoms. The van der Waals surface area contributed by atoms with Crippen molar-refractivity contribution < 1.29 is 4.79 Å². The van der Waals surface area contributed by atoms with Crippen LogP contribution in [-0.4, -0.2) is 33.7 Å². The lowest BCUT2D eigenvalue weighted by atomic mass is 9.99. The highest BCUT2D eigenvalue weighted by molar-refractivity contribution is 5.92. The molecule has 0 spiro atoms. The summed E-state index contributed by atoms with van der Waals surface area (Å²) in [4.78, 5) is 13.9. The Balaban J connectivity index is 2.12. The normalized spacial score (nSPS) is 20.1. The molecule has 0 aliphatic carbocycles. The van der Waals surface area contributed by atoms with Gasteiger partial charge in [0, 0.05) is 25.8 Å². The van der Waals surface area contributed by atoms with Gasteiger partial charge in [0.25, 0.3) is 5.91 Å². The summed E-state index contributed by atoms with van der Waals surface area (Å²) in [5.41, 5.74) is 1.44. The zero-order valence-electron chi connectivity index (χ0n) is 10.2. The van der Waals surface area contributed by atoms with E-state index >= 15 is 0 Å². The molecule has 1 atom stereocenters. The average Bonchev–Trinajstić information content (AvgIpc) is 2.69. The van der Waals surface area contributed by atoms with E-state index in [0.717, 1.165) is 25.1 Å². The van der Waals surface area contributed by atoms with Crippen molar-refractivity contribution in [3.63, 3.8) is 0 Å². The summed E-state index contributed by atoms with van der Waals surface area (Å²) >= 11 is 0. The third-order valence-corrected chi connectivity index (χ3v) is 3.22. The summed E-state index contributed by atoms with van der Waals surface area (Å²) in [6, 6.07) is 4.03. The number of amides is 1. The maximum absolute atomic E-state index is 12.2. The van der Waals surface area contributed by atoms with Gasteiger partial charge in [-0.15, -0.1) is 0 Å². The van der Waals surface area contributed by atoms with E-state index in [4.69, 9.17) is 5.26 Å². The molecule has 1 aromatic rings. The van der Waals surface area contributed by atoms with Crippen LogP contribution in [0.3, 0.4) is 0 Å². The van der Waals surface area contributed by atoms with E-state index in [-0.39, 0.29) is 11.8 Å². The highest BCUT2D eigenvalue weighted by Gasteiger charge is 2.25. The van der Waals surface area contributed by atoms with Crippen LogP contribution < -0.4 is 0 Å². The smallest absolute Gasteiger partial charge is 0.274 e. The Morgan fingerprint density at radius 1 is 1.65 bits per heavy atom. The number of aryl methyl sites for hydroxylation is 2. The molecule has 0 saturated carbocycles. The van der Waals surface area contributed by atoms with E-state index < -0.39 is 0 Å². The number of carbonyl (C=O) groups excluding carboxylic acids is 1. The highest BCUT2D eigenvalue weighted by atomic mass is 16.2. The second-order valence-corrected chi connectivity index (χ2v) is 4.51. The lowest BCUT2D eigenvalue weighted by Gasteiger charge is -2.28. The van der Waals surface area contributed by atoms with E-state index in [1.807, 2.05) is 14.0 Å². The zero-order valence-corrected chi connectivity index (χ0v) is 10.2. The first kappa shape index (κ1) is 11.6. The molecular formula is C12H16N4O. The van der Waals surface area contributed by atoms with Crippen LogP contribution in [0.25, 0.3) is 0 Å². The SMILES string of the molecule is Cc1cc(C(=O)N2CCCC(C#N)C2)nn1C. The highest BCUT2D eigenvalue weighted by Crippen LogP contribution is 2.17. The lowest BCUT2D eigenvalue weighted by Crippen LogP contribution is -2.39. The van der Waals surface area contributed by atoms with Crippen molar-refractivity contribution in [1.29, 1.82) is 5.26 Å². The Morgan fingerprint density at radius 3 is 3.00 bits per heavy atom. The van der Waals surface area contributed by atoms with Gasteiger partial charge in [-0.25, -0.2) is 0 Å². The molecule has 1 aromatic heterocycles. The molecule has 1 aliphatic rings. The quantitative estimate of drug-likeness (QED) is 0.728. The molecule has 90 valence electrons. The summed E-state index contributed by atoms with van der Waals surface area (Å²) in [6.45, 7) is 3.18. The van der Waals surface area contributed by atoms with Crippen LogP contribution in [0.4, 0.5) is 0 Å². The van der Waals surface area contributed by atoms with Crippen LogP contribution >= 0.6 is 0 Å². The molecule has 0 N–H and O–H groups in total. The summed E-state index contributed by atoms with van der Waals surface area (Å²) < 4.78 is 1.69. The molecule has 1 amide bonds. The number of piperidine rings is 1. The van der Waals surface area contributed by atoms with Crippen molar-refractivity contribution in [1.82, 2.24) is 14.7 Å². The first-order valence-corrected chi connectivity index (χ1v) is 5.81. The first-order chi connectivity index (χ1) is 8.11. The largest absolute Gasteiger partial charge is 0.336 e. The van der Waals surface area contributed by atoms with E-state index in [9.17, 15) is 4.79 Å². The predicted molar refractivity (Wildman–Crippen MR) is 62.2 cm³/mol. The van der Waals surface area contributed by atoms with Gasteiger partial charge < -0.3 is 4.90 Å². The van der Waals surface area contributed by atoms with Gasteiger partial charge in [0.15, 0.2) is 5.69 Å². The monoisotopic (exact) mass is 232 g/mol. The summed E-state index contributed by atoms with van der Waals surface area (Å²) in [5.74, 6) is -0.0915. The summed E-state index contributed by atoms with van der Waals surface area (Å²) in [5, 5.41) is 13.1. The van der Waals surface area contributed by atoms with E-state index in [0.29, 0.717) is 12.2 Å². The molecule has 0 radical (unpaired) electrons. The minimum absolute atomic E-state index is 0.0301. The number of nitriles is 1. The van der Waals surface area contributed by atoms with Gasteiger partial charge in [-0.05, 0) is 25.8 Å². The fourth-order valence-corrected chi connectivity index (χ4v) is 2.09. The second kappa shape index (κ2) is 4.58. The van der Waals surface area contributed by atoms with Crippen LogP contribution in [0.5, 0.6) is 0 Å². The molecule has 1 fully saturated rings. The molecule has 5 heteroatoms. The van der Waals surface area contributed by atoms with Crippen molar-refractivity contribution in [2.75, 3.05) is 13.1 Å². The Labute approximate surface area is 101 Å². The van der Waals surface area contributed by atoms with Gasteiger partial charge in [-0.3, -0.25) is 9.48 Å². The summed E-state index contributed by atoms with van der Waals surface area (Å²) in [7, 11) is 1.82. The Kier molecular flexibility index (Phi) is 3.14. The number of hydrogen-bond acceptors (Lipinski definition) is 3. The van der Waals surface area contributed by atoms with Gasteiger partial charge in [0.2, 0.25) is 0 Å². The van der Waals surface area contributed by atoms with Crippen molar-refractivity contribution in [2.24, 2.45) is 13.0 Å². The van der Waals surface area contributed by atoms with Crippen LogP contribution in [0.2, 0.25) is 0 Å². The number of rotatable bonds is 1. The van der Waals surface area contributed by atoms with Crippen molar-refractivity contribution in [3.8, 4) is 6.07 Å². The maximum atomic E-state index is 12.2. The van der Waals surface area contributed by atoms with Gasteiger partial charge in [-0.2, -0.15) is 10.4 Å². The fraction of sp³-hybridized carbons (Fsp3) is 0.583. The number of nitrogens with zero attached hydrogens (tertiary/aromatic N) is 4. The molecule has 2 rings (SSSR count). The molecule has 2 heterocycles. The predicted octanol–water partition coefficient (Wildman–Crippen LogP) is 1.10. The molecular weight excluding hydrogens is 216 g/mol. The van der Waals surface area contributed by atoms with Crippen LogP contribution in [0.15, 0.2) is 6.07 Å². The maximum Gasteiger partial charge on any atom is 0.274 e. The number of likely N-dealkylation sites (tertiary alicyclic amines) is 1. The molecule has 5 nitrogen and oxygen atoms in total. The van der Waals surface area contributed by atoms with Gasteiger partial charge in [0.05, 0.1) is 12.0 Å². The third-order valence-electron chi connectivity index (χ3n) is 3.22. The number of aromatic nitrogens is 2. The summed E-state index contributed by atoms with van der Waals surface area (Å²) in [6.07, 6.45) is 1.79. The van der Waals surface area contributed by atoms with Crippen molar-refractivity contribution in [2.45, 2.75) is 19.8 Å². The molecule has 17 heavy (non-hydrogen) atoms. The second-order valence-electron chi connectivity index (χ2n) is 4.51. The van der Waals surface area contributed by atoms with Crippen LogP contribution in [0.1, 0.15) is 29.0 Å². The molecule has 1 unspecified atom stereocenters. The van der Waals surface area contributed by atoms with Crippen LogP contribution in [0, 0.1) is 24.2 Å². The van der Waals surface area contributed by atoms with E-state index in [2.05, 4.69) is 11.2 Å². The first-order valence-electron chi connectivity index (χ1n) is 5.81. The Hall–Kier alpha value is -1.83.